The van der Waals surface area contributed by atoms with Crippen molar-refractivity contribution in [1.82, 2.24) is 5.32 Å². The van der Waals surface area contributed by atoms with Crippen LogP contribution < -0.4 is 11.1 Å². The second kappa shape index (κ2) is 12.1. The summed E-state index contributed by atoms with van der Waals surface area (Å²) in [5, 5.41) is 3.25. The lowest BCUT2D eigenvalue weighted by atomic mass is 10.2. The van der Waals surface area contributed by atoms with Crippen LogP contribution in [0, 0.1) is 0 Å². The molecule has 0 bridgehead atoms. The number of nitrogens with one attached hydrogen (secondary N) is 1. The van der Waals surface area contributed by atoms with Crippen molar-refractivity contribution in [2.45, 2.75) is 19.3 Å². The summed E-state index contributed by atoms with van der Waals surface area (Å²) in [7, 11) is 1.45. The van der Waals surface area contributed by atoms with E-state index in [1.54, 1.807) is 14.2 Å². The van der Waals surface area contributed by atoms with Crippen molar-refractivity contribution in [2.24, 2.45) is 5.73 Å². The first-order chi connectivity index (χ1) is 7.35. The maximum Gasteiger partial charge on any atom is 0.483 e. The number of unbranched alkanes of at least 4 members (excludes halogenated alkanes) is 2. The van der Waals surface area contributed by atoms with Gasteiger partial charge in [0.2, 0.25) is 0 Å². The molecule has 0 amide bonds. The molecule has 0 spiro atoms. The van der Waals surface area contributed by atoms with Crippen LogP contribution in [0.25, 0.3) is 0 Å². The molecule has 15 heavy (non-hydrogen) atoms. The lowest BCUT2D eigenvalue weighted by molar-refractivity contribution is 0.133. The van der Waals surface area contributed by atoms with Gasteiger partial charge >= 0.3 is 9.53 Å². The van der Waals surface area contributed by atoms with Gasteiger partial charge in [-0.05, 0) is 25.8 Å². The Morgan fingerprint density at radius 2 is 1.80 bits per heavy atom. The predicted molar refractivity (Wildman–Crippen MR) is 62.9 cm³/mol. The maximum absolute atomic E-state index is 5.42. The molecule has 0 radical (unpaired) electrons. The van der Waals surface area contributed by atoms with Crippen LogP contribution in [0.4, 0.5) is 0 Å². The van der Waals surface area contributed by atoms with E-state index in [1.165, 1.54) is 0 Å². The fraction of sp³-hybridized carbons (Fsp3) is 1.00. The molecule has 0 atom stereocenters. The second-order valence-electron chi connectivity index (χ2n) is 3.23. The van der Waals surface area contributed by atoms with E-state index in [-0.39, 0.29) is 0 Å². The molecule has 6 heteroatoms. The summed E-state index contributed by atoms with van der Waals surface area (Å²) in [6.45, 7) is 3.37. The molecule has 0 saturated heterocycles. The third kappa shape index (κ3) is 10.3. The summed E-state index contributed by atoms with van der Waals surface area (Å²) in [5.74, 6) is 0. The van der Waals surface area contributed by atoms with Crippen molar-refractivity contribution >= 4 is 9.53 Å². The highest BCUT2D eigenvalue weighted by molar-refractivity contribution is 6.36. The quantitative estimate of drug-likeness (QED) is 0.382. The van der Waals surface area contributed by atoms with E-state index in [2.05, 4.69) is 5.32 Å². The van der Waals surface area contributed by atoms with Gasteiger partial charge in [-0.3, -0.25) is 0 Å². The molecular weight excluding hydrogens is 212 g/mol. The molecule has 0 aromatic rings. The Labute approximate surface area is 94.2 Å². The summed E-state index contributed by atoms with van der Waals surface area (Å²) in [6, 6.07) is 0. The summed E-state index contributed by atoms with van der Waals surface area (Å²) < 4.78 is 15.5. The Morgan fingerprint density at radius 3 is 2.40 bits per heavy atom. The zero-order valence-electron chi connectivity index (χ0n) is 9.83. The SMILES string of the molecule is CO[SiH](OC)OCCCCCNCCN. The van der Waals surface area contributed by atoms with Crippen LogP contribution in [0.2, 0.25) is 0 Å². The number of hydrogen-bond donors (Lipinski definition) is 2. The Bertz CT molecular complexity index is 126. The minimum Gasteiger partial charge on any atom is -0.379 e. The van der Waals surface area contributed by atoms with Crippen molar-refractivity contribution in [1.29, 1.82) is 0 Å². The van der Waals surface area contributed by atoms with Crippen LogP contribution in [-0.2, 0) is 13.3 Å². The third-order valence-electron chi connectivity index (χ3n) is 1.96. The van der Waals surface area contributed by atoms with E-state index >= 15 is 0 Å². The molecular formula is C9H24N2O3Si. The van der Waals surface area contributed by atoms with E-state index in [0.29, 0.717) is 6.54 Å². The molecule has 0 aliphatic carbocycles. The first kappa shape index (κ1) is 15.0. The Morgan fingerprint density at radius 1 is 1.07 bits per heavy atom. The van der Waals surface area contributed by atoms with Gasteiger partial charge in [-0.1, -0.05) is 0 Å². The molecule has 0 aliphatic heterocycles. The molecule has 0 heterocycles. The van der Waals surface area contributed by atoms with E-state index < -0.39 is 9.53 Å². The van der Waals surface area contributed by atoms with Crippen LogP contribution in [0.1, 0.15) is 19.3 Å². The third-order valence-corrected chi connectivity index (χ3v) is 3.24. The predicted octanol–water partition coefficient (Wildman–Crippen LogP) is -0.268. The zero-order chi connectivity index (χ0) is 11.4. The summed E-state index contributed by atoms with van der Waals surface area (Å²) >= 11 is 0. The van der Waals surface area contributed by atoms with Crippen LogP contribution in [0.3, 0.4) is 0 Å². The molecule has 0 rings (SSSR count). The van der Waals surface area contributed by atoms with Gasteiger partial charge in [0.05, 0.1) is 0 Å². The highest BCUT2D eigenvalue weighted by Crippen LogP contribution is 1.97. The van der Waals surface area contributed by atoms with E-state index in [0.717, 1.165) is 39.0 Å². The number of nitrogens with two attached hydrogens (primary N) is 1. The molecule has 5 nitrogen and oxygen atoms in total. The lowest BCUT2D eigenvalue weighted by Crippen LogP contribution is -2.25. The largest absolute Gasteiger partial charge is 0.483 e. The molecule has 0 saturated carbocycles. The van der Waals surface area contributed by atoms with E-state index in [9.17, 15) is 0 Å². The van der Waals surface area contributed by atoms with Crippen LogP contribution >= 0.6 is 0 Å². The van der Waals surface area contributed by atoms with Crippen LogP contribution in [0.5, 0.6) is 0 Å². The Balaban J connectivity index is 3.04. The fourth-order valence-electron chi connectivity index (χ4n) is 1.17. The van der Waals surface area contributed by atoms with Gasteiger partial charge in [-0.25, -0.2) is 0 Å². The summed E-state index contributed by atoms with van der Waals surface area (Å²) in [6.07, 6.45) is 3.38. The van der Waals surface area contributed by atoms with Gasteiger partial charge in [0.15, 0.2) is 0 Å². The summed E-state index contributed by atoms with van der Waals surface area (Å²) in [4.78, 5) is 0. The average molecular weight is 236 g/mol. The van der Waals surface area contributed by atoms with Gasteiger partial charge in [0, 0.05) is 33.9 Å². The Kier molecular flexibility index (Phi) is 12.1. The van der Waals surface area contributed by atoms with Crippen molar-refractivity contribution in [2.75, 3.05) is 40.5 Å². The highest BCUT2D eigenvalue weighted by Gasteiger charge is 2.09. The lowest BCUT2D eigenvalue weighted by Gasteiger charge is -2.11. The van der Waals surface area contributed by atoms with E-state index in [1.807, 2.05) is 0 Å². The van der Waals surface area contributed by atoms with Crippen LogP contribution in [-0.4, -0.2) is 50.0 Å². The second-order valence-corrected chi connectivity index (χ2v) is 5.08. The molecule has 3 N–H and O–H groups in total. The van der Waals surface area contributed by atoms with Gasteiger partial charge < -0.3 is 24.3 Å². The molecule has 0 unspecified atom stereocenters. The minimum atomic E-state index is -1.79. The number of rotatable bonds is 11. The Hall–Kier alpha value is 0.0169. The topological polar surface area (TPSA) is 65.7 Å². The first-order valence-electron chi connectivity index (χ1n) is 5.43. The van der Waals surface area contributed by atoms with Crippen molar-refractivity contribution in [3.05, 3.63) is 0 Å². The van der Waals surface area contributed by atoms with Crippen LogP contribution in [0.15, 0.2) is 0 Å². The van der Waals surface area contributed by atoms with Crippen molar-refractivity contribution in [3.63, 3.8) is 0 Å². The average Bonchev–Trinajstić information content (AvgIpc) is 2.27. The molecule has 0 aromatic carbocycles. The standard InChI is InChI=1S/C9H24N2O3Si/c1-12-15(13-2)14-9-5-3-4-7-11-8-6-10/h11,15H,3-10H2,1-2H3. The highest BCUT2D eigenvalue weighted by atomic mass is 28.3. The van der Waals surface area contributed by atoms with Crippen molar-refractivity contribution < 1.29 is 13.3 Å². The normalized spacial score (nSPS) is 11.2. The zero-order valence-corrected chi connectivity index (χ0v) is 11.0. The maximum atomic E-state index is 5.42. The van der Waals surface area contributed by atoms with Crippen molar-refractivity contribution in [3.8, 4) is 0 Å². The smallest absolute Gasteiger partial charge is 0.379 e. The van der Waals surface area contributed by atoms with E-state index in [4.69, 9.17) is 19.0 Å². The molecule has 0 aromatic heterocycles. The van der Waals surface area contributed by atoms with Gasteiger partial charge in [0.1, 0.15) is 0 Å². The number of hydrogen-bond acceptors (Lipinski definition) is 5. The minimum absolute atomic E-state index is 0.706. The monoisotopic (exact) mass is 236 g/mol. The van der Waals surface area contributed by atoms with Gasteiger partial charge in [0.25, 0.3) is 0 Å². The molecule has 0 fully saturated rings. The van der Waals surface area contributed by atoms with Gasteiger partial charge in [-0.15, -0.1) is 0 Å². The fourth-order valence-corrected chi connectivity index (χ4v) is 1.99. The summed E-state index contributed by atoms with van der Waals surface area (Å²) in [5.41, 5.74) is 5.35. The molecule has 92 valence electrons. The van der Waals surface area contributed by atoms with Gasteiger partial charge in [-0.2, -0.15) is 0 Å². The first-order valence-corrected chi connectivity index (χ1v) is 6.84. The molecule has 0 aliphatic rings.